The molecular formula is C20H16N2. The van der Waals surface area contributed by atoms with E-state index in [1.807, 2.05) is 54.6 Å². The van der Waals surface area contributed by atoms with Gasteiger partial charge in [0.05, 0.1) is 0 Å². The van der Waals surface area contributed by atoms with Crippen LogP contribution in [0.2, 0.25) is 0 Å². The van der Waals surface area contributed by atoms with Gasteiger partial charge in [0, 0.05) is 0 Å². The standard InChI is InChI=1S/C20H16N2/c21-22-16-20(17-10-4-1-5-11-17,18-12-6-2-7-13-18)19-14-8-3-9-15-19/h1-16H. The monoisotopic (exact) mass is 284 g/mol. The van der Waals surface area contributed by atoms with E-state index in [2.05, 4.69) is 41.2 Å². The van der Waals surface area contributed by atoms with Crippen molar-refractivity contribution in [2.45, 2.75) is 5.41 Å². The Morgan fingerprint density at radius 3 is 1.18 bits per heavy atom. The molecule has 3 rings (SSSR count). The van der Waals surface area contributed by atoms with E-state index in [4.69, 9.17) is 0 Å². The Morgan fingerprint density at radius 2 is 0.909 bits per heavy atom. The molecule has 0 atom stereocenters. The molecule has 0 aliphatic heterocycles. The van der Waals surface area contributed by atoms with Crippen LogP contribution in [-0.2, 0) is 5.41 Å². The van der Waals surface area contributed by atoms with Crippen molar-refractivity contribution >= 4 is 6.21 Å². The number of benzene rings is 3. The molecule has 0 amide bonds. The van der Waals surface area contributed by atoms with Crippen molar-refractivity contribution in [3.63, 3.8) is 0 Å². The summed E-state index contributed by atoms with van der Waals surface area (Å²) >= 11 is 0. The molecule has 0 N–H and O–H groups in total. The lowest BCUT2D eigenvalue weighted by Crippen LogP contribution is -2.31. The molecule has 0 aliphatic carbocycles. The van der Waals surface area contributed by atoms with Crippen molar-refractivity contribution in [3.05, 3.63) is 113 Å². The predicted octanol–water partition coefficient (Wildman–Crippen LogP) is 4.32. The maximum Gasteiger partial charge on any atom is 0.276 e. The number of hydrogen-bond acceptors (Lipinski definition) is 0. The van der Waals surface area contributed by atoms with E-state index in [0.717, 1.165) is 16.7 Å². The normalized spacial score (nSPS) is 10.7. The van der Waals surface area contributed by atoms with E-state index in [0.29, 0.717) is 0 Å². The molecular weight excluding hydrogens is 268 g/mol. The molecule has 0 heterocycles. The Kier molecular flexibility index (Phi) is 3.95. The first-order valence-corrected chi connectivity index (χ1v) is 7.23. The lowest BCUT2D eigenvalue weighted by Gasteiger charge is -2.28. The van der Waals surface area contributed by atoms with Crippen molar-refractivity contribution in [3.8, 4) is 0 Å². The van der Waals surface area contributed by atoms with Gasteiger partial charge in [0.2, 0.25) is 0 Å². The quantitative estimate of drug-likeness (QED) is 0.296. The Labute approximate surface area is 130 Å². The topological polar surface area (TPSA) is 36.4 Å². The van der Waals surface area contributed by atoms with Gasteiger partial charge in [0.15, 0.2) is 0 Å². The van der Waals surface area contributed by atoms with E-state index >= 15 is 0 Å². The molecule has 3 aromatic rings. The minimum atomic E-state index is -0.613. The summed E-state index contributed by atoms with van der Waals surface area (Å²) in [6.45, 7) is 0. The third-order valence-electron chi connectivity index (χ3n) is 3.94. The van der Waals surface area contributed by atoms with Gasteiger partial charge < -0.3 is 5.53 Å². The van der Waals surface area contributed by atoms with Gasteiger partial charge in [0.1, 0.15) is 5.41 Å². The zero-order valence-electron chi connectivity index (χ0n) is 12.1. The summed E-state index contributed by atoms with van der Waals surface area (Å²) in [7, 11) is 0. The molecule has 0 aromatic heterocycles. The first-order chi connectivity index (χ1) is 10.9. The van der Waals surface area contributed by atoms with Gasteiger partial charge in [-0.1, -0.05) is 91.0 Å². The maximum absolute atomic E-state index is 9.36. The largest absolute Gasteiger partial charge is 0.362 e. The van der Waals surface area contributed by atoms with Crippen LogP contribution in [0.15, 0.2) is 91.0 Å². The summed E-state index contributed by atoms with van der Waals surface area (Å²) in [5.41, 5.74) is 11.9. The van der Waals surface area contributed by atoms with Gasteiger partial charge in [-0.3, -0.25) is 0 Å². The van der Waals surface area contributed by atoms with Crippen LogP contribution in [0.3, 0.4) is 0 Å². The summed E-state index contributed by atoms with van der Waals surface area (Å²) in [6.07, 6.45) is 1.60. The van der Waals surface area contributed by atoms with Gasteiger partial charge in [-0.15, -0.1) is 0 Å². The Hall–Kier alpha value is -2.96. The zero-order valence-corrected chi connectivity index (χ0v) is 12.1. The first-order valence-electron chi connectivity index (χ1n) is 7.23. The van der Waals surface area contributed by atoms with Gasteiger partial charge in [0.25, 0.3) is 6.21 Å². The first kappa shape index (κ1) is 14.0. The fourth-order valence-corrected chi connectivity index (χ4v) is 2.91. The Morgan fingerprint density at radius 1 is 0.591 bits per heavy atom. The molecule has 0 spiro atoms. The van der Waals surface area contributed by atoms with Crippen LogP contribution in [-0.4, -0.2) is 11.0 Å². The average Bonchev–Trinajstić information content (AvgIpc) is 2.62. The van der Waals surface area contributed by atoms with Crippen molar-refractivity contribution in [2.24, 2.45) is 0 Å². The van der Waals surface area contributed by atoms with Crippen molar-refractivity contribution in [1.29, 1.82) is 0 Å². The highest BCUT2D eigenvalue weighted by atomic mass is 14.8. The average molecular weight is 284 g/mol. The van der Waals surface area contributed by atoms with Crippen LogP contribution in [0.25, 0.3) is 5.53 Å². The van der Waals surface area contributed by atoms with Gasteiger partial charge >= 0.3 is 0 Å². The maximum atomic E-state index is 9.36. The lowest BCUT2D eigenvalue weighted by molar-refractivity contribution is -0.00218. The van der Waals surface area contributed by atoms with Crippen LogP contribution < -0.4 is 0 Å². The molecule has 0 bridgehead atoms. The minimum Gasteiger partial charge on any atom is -0.362 e. The van der Waals surface area contributed by atoms with E-state index in [9.17, 15) is 5.53 Å². The molecule has 0 fully saturated rings. The van der Waals surface area contributed by atoms with Crippen molar-refractivity contribution in [1.82, 2.24) is 0 Å². The highest BCUT2D eigenvalue weighted by Crippen LogP contribution is 2.37. The lowest BCUT2D eigenvalue weighted by atomic mass is 9.70. The Balaban J connectivity index is 2.37. The highest BCUT2D eigenvalue weighted by molar-refractivity contribution is 5.81. The predicted molar refractivity (Wildman–Crippen MR) is 88.9 cm³/mol. The molecule has 22 heavy (non-hydrogen) atoms. The van der Waals surface area contributed by atoms with Gasteiger partial charge in [-0.2, -0.15) is 4.79 Å². The second-order valence-electron chi connectivity index (χ2n) is 5.15. The van der Waals surface area contributed by atoms with Crippen LogP contribution in [0.4, 0.5) is 0 Å². The van der Waals surface area contributed by atoms with Crippen LogP contribution in [0.5, 0.6) is 0 Å². The summed E-state index contributed by atoms with van der Waals surface area (Å²) in [5.74, 6) is 0. The molecule has 0 saturated carbocycles. The molecule has 2 nitrogen and oxygen atoms in total. The molecule has 3 aromatic carbocycles. The third-order valence-corrected chi connectivity index (χ3v) is 3.94. The minimum absolute atomic E-state index is 0.613. The highest BCUT2D eigenvalue weighted by Gasteiger charge is 2.38. The van der Waals surface area contributed by atoms with E-state index in [-0.39, 0.29) is 0 Å². The molecule has 2 heteroatoms. The fourth-order valence-electron chi connectivity index (χ4n) is 2.91. The van der Waals surface area contributed by atoms with E-state index in [1.54, 1.807) is 6.21 Å². The zero-order chi connectivity index (χ0) is 15.3. The molecule has 0 aliphatic rings. The Bertz CT molecular complexity index is 677. The number of nitrogens with zero attached hydrogens (tertiary/aromatic N) is 2. The molecule has 0 unspecified atom stereocenters. The van der Waals surface area contributed by atoms with E-state index in [1.165, 1.54) is 0 Å². The second kappa shape index (κ2) is 6.21. The summed E-state index contributed by atoms with van der Waals surface area (Å²) in [6, 6.07) is 30.3. The summed E-state index contributed by atoms with van der Waals surface area (Å²) < 4.78 is 0. The van der Waals surface area contributed by atoms with E-state index < -0.39 is 5.41 Å². The smallest absolute Gasteiger partial charge is 0.276 e. The van der Waals surface area contributed by atoms with Gasteiger partial charge in [-0.25, -0.2) is 0 Å². The third kappa shape index (κ3) is 2.37. The van der Waals surface area contributed by atoms with Crippen LogP contribution >= 0.6 is 0 Å². The SMILES string of the molecule is [N-]=[N+]=CC(c1ccccc1)(c1ccccc1)c1ccccc1. The fraction of sp³-hybridized carbons (Fsp3) is 0.0500. The van der Waals surface area contributed by atoms with Crippen LogP contribution in [0.1, 0.15) is 16.7 Å². The number of rotatable bonds is 4. The second-order valence-corrected chi connectivity index (χ2v) is 5.15. The number of hydrogen-bond donors (Lipinski definition) is 0. The molecule has 0 saturated heterocycles. The summed E-state index contributed by atoms with van der Waals surface area (Å²) in [5, 5.41) is 0. The van der Waals surface area contributed by atoms with Crippen molar-refractivity contribution in [2.75, 3.05) is 0 Å². The molecule has 0 radical (unpaired) electrons. The summed E-state index contributed by atoms with van der Waals surface area (Å²) in [4.78, 5) is 3.41. The van der Waals surface area contributed by atoms with Crippen LogP contribution in [0, 0.1) is 0 Å². The van der Waals surface area contributed by atoms with Gasteiger partial charge in [-0.05, 0) is 16.7 Å². The van der Waals surface area contributed by atoms with Crippen molar-refractivity contribution < 1.29 is 4.79 Å². The molecule has 106 valence electrons.